The smallest absolute Gasteiger partial charge is 1.00 e. The van der Waals surface area contributed by atoms with Crippen LogP contribution < -0.4 is 36.6 Å². The number of nitrogens with one attached hydrogen (secondary N) is 2. The molecular formula is C44H53BrCl2MgN12O2. The Morgan fingerprint density at radius 3 is 1.63 bits per heavy atom. The second kappa shape index (κ2) is 20.4. The van der Waals surface area contributed by atoms with E-state index in [0.29, 0.717) is 35.5 Å². The minimum atomic E-state index is -0.544. The molecule has 62 heavy (non-hydrogen) atoms. The first-order chi connectivity index (χ1) is 29.1. The number of H-pyrrole nitrogens is 2. The van der Waals surface area contributed by atoms with Gasteiger partial charge in [0.25, 0.3) is 0 Å². The standard InChI is InChI=1S/C22H27ClN6O.C20H21ClN6O.C2H5.BrH.Mg/c1-3-22(30)5-8-28(9-6-22)21-16-12-29(14(2)10-17(16)25-13-26-21)18-11-19(23)27-20-15(18)4-7-24-20;1-12-8-16-15(20(24-11-23-16)26-6-3-13(28)4-7-26)10-27(12)17-9-18(21)25-19-14(17)2-5-22-19;1-2;;/h4,7,11,13-14,30H,3,5-6,8-10,12H2,1-2H3,(H,24,27);2,5,9,11-12H,3-4,6-8,10H2,1H3,(H,22,25);1H2,2H3;1H;/q;;-1;;+2/p-1/t14-;12-;;;/m11.../s1. The molecule has 2 fully saturated rings. The molecule has 10 heterocycles. The van der Waals surface area contributed by atoms with Gasteiger partial charge in [0.2, 0.25) is 0 Å². The molecule has 6 aromatic rings. The maximum atomic E-state index is 11.7. The van der Waals surface area contributed by atoms with Crippen molar-refractivity contribution >= 4 is 97.1 Å². The Labute approximate surface area is 399 Å². The minimum absolute atomic E-state index is 0. The summed E-state index contributed by atoms with van der Waals surface area (Å²) in [5.74, 6) is 2.29. The number of aromatic nitrogens is 8. The molecule has 0 amide bonds. The maximum absolute atomic E-state index is 11.7. The van der Waals surface area contributed by atoms with E-state index in [4.69, 9.17) is 23.2 Å². The van der Waals surface area contributed by atoms with E-state index in [1.807, 2.05) is 30.6 Å². The van der Waals surface area contributed by atoms with Crippen LogP contribution in [0, 0.1) is 6.92 Å². The van der Waals surface area contributed by atoms with Crippen LogP contribution in [0.3, 0.4) is 0 Å². The van der Waals surface area contributed by atoms with Crippen LogP contribution in [0.15, 0.2) is 49.3 Å². The Morgan fingerprint density at radius 2 is 1.19 bits per heavy atom. The van der Waals surface area contributed by atoms with Crippen molar-refractivity contribution in [2.24, 2.45) is 0 Å². The predicted molar refractivity (Wildman–Crippen MR) is 245 cm³/mol. The summed E-state index contributed by atoms with van der Waals surface area (Å²) in [6, 6.07) is 8.52. The molecular weight excluding hydrogens is 904 g/mol. The number of carbonyl (C=O) groups excluding carboxylic acids is 1. The van der Waals surface area contributed by atoms with Gasteiger partial charge >= 0.3 is 23.1 Å². The second-order valence-electron chi connectivity index (χ2n) is 16.1. The quantitative estimate of drug-likeness (QED) is 0.128. The number of piperidine rings is 2. The summed E-state index contributed by atoms with van der Waals surface area (Å²) in [5.41, 5.74) is 7.73. The fourth-order valence-electron chi connectivity index (χ4n) is 9.09. The van der Waals surface area contributed by atoms with E-state index in [1.54, 1.807) is 19.6 Å². The monoisotopic (exact) mass is 954 g/mol. The zero-order valence-electron chi connectivity index (χ0n) is 35.8. The second-order valence-corrected chi connectivity index (χ2v) is 16.9. The molecule has 2 saturated heterocycles. The van der Waals surface area contributed by atoms with Crippen LogP contribution in [0.25, 0.3) is 22.1 Å². The van der Waals surface area contributed by atoms with Crippen molar-refractivity contribution in [1.29, 1.82) is 0 Å². The van der Waals surface area contributed by atoms with E-state index in [0.717, 1.165) is 127 Å². The van der Waals surface area contributed by atoms with E-state index < -0.39 is 5.60 Å². The van der Waals surface area contributed by atoms with Gasteiger partial charge in [-0.05, 0) is 57.4 Å². The van der Waals surface area contributed by atoms with Crippen LogP contribution >= 0.6 is 23.2 Å². The third-order valence-corrected chi connectivity index (χ3v) is 13.0. The number of rotatable bonds is 5. The molecule has 0 radical (unpaired) electrons. The Hall–Kier alpha value is -3.80. The first-order valence-electron chi connectivity index (χ1n) is 21.0. The summed E-state index contributed by atoms with van der Waals surface area (Å²) in [6.45, 7) is 16.0. The van der Waals surface area contributed by atoms with E-state index in [9.17, 15) is 9.90 Å². The fourth-order valence-corrected chi connectivity index (χ4v) is 9.46. The van der Waals surface area contributed by atoms with Gasteiger partial charge in [-0.15, -0.1) is 0 Å². The van der Waals surface area contributed by atoms with Crippen molar-refractivity contribution in [2.45, 2.75) is 103 Å². The average molecular weight is 957 g/mol. The predicted octanol–water partition coefficient (Wildman–Crippen LogP) is 4.29. The molecule has 6 aromatic heterocycles. The summed E-state index contributed by atoms with van der Waals surface area (Å²) >= 11 is 12.6. The SMILES string of the molecule is CCC1(O)CCN(c2ncnc3c2CN(c2cc(Cl)nc4[nH]ccc24)[C@H](C)C3)CC1.C[C@@H]1Cc2ncnc(N3CCC(=O)CC3)c2CN1c1cc(Cl)nc2[nH]ccc12.[Br-].[CH2-]C.[Mg+2]. The van der Waals surface area contributed by atoms with Crippen molar-refractivity contribution < 1.29 is 26.9 Å². The Balaban J connectivity index is 0.000000193. The third kappa shape index (κ3) is 9.65. The summed E-state index contributed by atoms with van der Waals surface area (Å²) < 4.78 is 0. The molecule has 0 bridgehead atoms. The number of Topliss-reactive ketones (excluding diaryl/α,β-unsaturated/α-hetero) is 1. The number of carbonyl (C=O) groups is 1. The fraction of sp³-hybridized carbons (Fsp3) is 0.455. The molecule has 0 unspecified atom stereocenters. The first kappa shape index (κ1) is 47.7. The van der Waals surface area contributed by atoms with E-state index in [-0.39, 0.29) is 52.1 Å². The van der Waals surface area contributed by atoms with Crippen LogP contribution in [-0.2, 0) is 30.7 Å². The Bertz CT molecular complexity index is 2490. The number of ketones is 1. The topological polar surface area (TPSA) is 159 Å². The first-order valence-corrected chi connectivity index (χ1v) is 21.7. The Morgan fingerprint density at radius 1 is 0.758 bits per heavy atom. The largest absolute Gasteiger partial charge is 2.00 e. The number of hydrogen-bond donors (Lipinski definition) is 3. The van der Waals surface area contributed by atoms with Gasteiger partial charge in [-0.25, -0.2) is 29.9 Å². The van der Waals surface area contributed by atoms with Crippen molar-refractivity contribution in [1.82, 2.24) is 39.9 Å². The zero-order valence-corrected chi connectivity index (χ0v) is 40.4. The molecule has 2 atom stereocenters. The van der Waals surface area contributed by atoms with Gasteiger partial charge in [0, 0.05) is 111 Å². The molecule has 18 heteroatoms. The number of fused-ring (bicyclic) bond motifs is 4. The molecule has 0 aliphatic carbocycles. The van der Waals surface area contributed by atoms with E-state index in [1.165, 1.54) is 5.56 Å². The number of aliphatic hydroxyl groups is 1. The van der Waals surface area contributed by atoms with Gasteiger partial charge < -0.3 is 58.6 Å². The van der Waals surface area contributed by atoms with Crippen molar-refractivity contribution in [3.8, 4) is 0 Å². The van der Waals surface area contributed by atoms with Gasteiger partial charge in [-0.3, -0.25) is 4.79 Å². The molecule has 14 nitrogen and oxygen atoms in total. The molecule has 0 saturated carbocycles. The molecule has 324 valence electrons. The molecule has 0 aromatic carbocycles. The molecule has 3 N–H and O–H groups in total. The average Bonchev–Trinajstić information content (AvgIpc) is 3.94. The molecule has 4 aliphatic heterocycles. The summed E-state index contributed by atoms with van der Waals surface area (Å²) in [4.78, 5) is 54.5. The van der Waals surface area contributed by atoms with Gasteiger partial charge in [0.1, 0.15) is 51.7 Å². The number of anilines is 4. The number of nitrogens with zero attached hydrogens (tertiary/aromatic N) is 10. The number of hydrogen-bond acceptors (Lipinski definition) is 12. The van der Waals surface area contributed by atoms with Crippen LogP contribution in [0.1, 0.15) is 82.3 Å². The summed E-state index contributed by atoms with van der Waals surface area (Å²) in [7, 11) is 0. The number of halogens is 3. The number of pyridine rings is 2. The summed E-state index contributed by atoms with van der Waals surface area (Å²) in [6.07, 6.45) is 12.3. The van der Waals surface area contributed by atoms with Gasteiger partial charge in [0.05, 0.1) is 28.4 Å². The zero-order chi connectivity index (χ0) is 42.1. The normalized spacial score (nSPS) is 19.3. The molecule has 0 spiro atoms. The van der Waals surface area contributed by atoms with Gasteiger partial charge in [-0.2, -0.15) is 6.92 Å². The van der Waals surface area contributed by atoms with E-state index >= 15 is 0 Å². The molecule has 10 rings (SSSR count). The van der Waals surface area contributed by atoms with Crippen LogP contribution in [-0.4, -0.2) is 118 Å². The van der Waals surface area contributed by atoms with Crippen molar-refractivity contribution in [3.63, 3.8) is 0 Å². The Kier molecular flexibility index (Phi) is 15.7. The van der Waals surface area contributed by atoms with Crippen molar-refractivity contribution in [3.05, 3.63) is 89.1 Å². The minimum Gasteiger partial charge on any atom is -1.00 e. The van der Waals surface area contributed by atoms with E-state index in [2.05, 4.69) is 93.2 Å². The van der Waals surface area contributed by atoms with Crippen LogP contribution in [0.2, 0.25) is 10.3 Å². The maximum Gasteiger partial charge on any atom is 2.00 e. The van der Waals surface area contributed by atoms with Gasteiger partial charge in [-0.1, -0.05) is 30.1 Å². The third-order valence-electron chi connectivity index (χ3n) is 12.6. The van der Waals surface area contributed by atoms with Crippen LogP contribution in [0.4, 0.5) is 23.0 Å². The summed E-state index contributed by atoms with van der Waals surface area (Å²) in [5, 5.41) is 13.7. The van der Waals surface area contributed by atoms with Crippen LogP contribution in [0.5, 0.6) is 0 Å². The molecule has 4 aliphatic rings. The van der Waals surface area contributed by atoms with Crippen molar-refractivity contribution in [2.75, 3.05) is 45.8 Å². The number of aromatic amines is 2. The van der Waals surface area contributed by atoms with Gasteiger partial charge in [0.15, 0.2) is 0 Å².